The van der Waals surface area contributed by atoms with E-state index in [1.54, 1.807) is 0 Å². The zero-order chi connectivity index (χ0) is 12.8. The van der Waals surface area contributed by atoms with Crippen LogP contribution in [0.5, 0.6) is 0 Å². The fraction of sp³-hybridized carbons (Fsp3) is 0.929. The molecule has 0 aromatic heterocycles. The standard InChI is InChI=1S/C14H25NO3/c1-2-17-13(16)14(6-8-15-9-7-14)11-12-5-3-4-10-18-12/h12,15H,2-11H2,1H3/t12-/m0/s1. The van der Waals surface area contributed by atoms with E-state index < -0.39 is 0 Å². The summed E-state index contributed by atoms with van der Waals surface area (Å²) in [5.74, 6) is -0.0133. The van der Waals surface area contributed by atoms with Crippen molar-refractivity contribution in [1.29, 1.82) is 0 Å². The highest BCUT2D eigenvalue weighted by Gasteiger charge is 2.43. The molecule has 0 aliphatic carbocycles. The average Bonchev–Trinajstić information content (AvgIpc) is 2.41. The Morgan fingerprint density at radius 1 is 1.39 bits per heavy atom. The fourth-order valence-corrected chi connectivity index (χ4v) is 3.09. The third kappa shape index (κ3) is 3.23. The van der Waals surface area contributed by atoms with Crippen LogP contribution in [0, 0.1) is 5.41 Å². The Morgan fingerprint density at radius 2 is 2.17 bits per heavy atom. The van der Waals surface area contributed by atoms with Gasteiger partial charge in [0.1, 0.15) is 0 Å². The number of carbonyl (C=O) groups is 1. The number of carbonyl (C=O) groups excluding carboxylic acids is 1. The highest BCUT2D eigenvalue weighted by atomic mass is 16.5. The first-order valence-corrected chi connectivity index (χ1v) is 7.26. The van der Waals surface area contributed by atoms with Crippen LogP contribution in [-0.4, -0.2) is 38.4 Å². The number of ether oxygens (including phenoxy) is 2. The van der Waals surface area contributed by atoms with E-state index in [-0.39, 0.29) is 17.5 Å². The third-order valence-electron chi connectivity index (χ3n) is 4.16. The highest BCUT2D eigenvalue weighted by molar-refractivity contribution is 5.77. The number of hydrogen-bond donors (Lipinski definition) is 1. The van der Waals surface area contributed by atoms with Gasteiger partial charge in [-0.05, 0) is 58.5 Å². The summed E-state index contributed by atoms with van der Waals surface area (Å²) in [6, 6.07) is 0. The minimum Gasteiger partial charge on any atom is -0.466 e. The van der Waals surface area contributed by atoms with E-state index in [1.807, 2.05) is 6.92 Å². The second kappa shape index (κ2) is 6.53. The van der Waals surface area contributed by atoms with Crippen LogP contribution in [0.25, 0.3) is 0 Å². The molecular formula is C14H25NO3. The maximum atomic E-state index is 12.3. The van der Waals surface area contributed by atoms with Crippen molar-refractivity contribution in [2.75, 3.05) is 26.3 Å². The Kier molecular flexibility index (Phi) is 5.01. The van der Waals surface area contributed by atoms with Crippen molar-refractivity contribution in [1.82, 2.24) is 5.32 Å². The van der Waals surface area contributed by atoms with E-state index in [4.69, 9.17) is 9.47 Å². The summed E-state index contributed by atoms with van der Waals surface area (Å²) < 4.78 is 11.1. The predicted octanol–water partition coefficient (Wildman–Crippen LogP) is 1.88. The van der Waals surface area contributed by atoms with Gasteiger partial charge in [-0.1, -0.05) is 0 Å². The Bertz CT molecular complexity index is 268. The van der Waals surface area contributed by atoms with Gasteiger partial charge in [0.15, 0.2) is 0 Å². The summed E-state index contributed by atoms with van der Waals surface area (Å²) in [6.45, 7) is 5.02. The van der Waals surface area contributed by atoms with Gasteiger partial charge in [-0.15, -0.1) is 0 Å². The lowest BCUT2D eigenvalue weighted by Crippen LogP contribution is -2.45. The van der Waals surface area contributed by atoms with E-state index in [1.165, 1.54) is 6.42 Å². The van der Waals surface area contributed by atoms with Gasteiger partial charge in [-0.25, -0.2) is 0 Å². The van der Waals surface area contributed by atoms with Crippen LogP contribution in [0.15, 0.2) is 0 Å². The summed E-state index contributed by atoms with van der Waals surface area (Å²) >= 11 is 0. The molecule has 2 saturated heterocycles. The molecule has 104 valence electrons. The molecule has 4 heteroatoms. The lowest BCUT2D eigenvalue weighted by Gasteiger charge is -2.38. The number of esters is 1. The Morgan fingerprint density at radius 3 is 2.78 bits per heavy atom. The van der Waals surface area contributed by atoms with E-state index in [2.05, 4.69) is 5.32 Å². The molecule has 0 aromatic carbocycles. The van der Waals surface area contributed by atoms with Crippen molar-refractivity contribution >= 4 is 5.97 Å². The summed E-state index contributed by atoms with van der Waals surface area (Å²) in [6.07, 6.45) is 6.33. The van der Waals surface area contributed by atoms with Crippen LogP contribution >= 0.6 is 0 Å². The highest BCUT2D eigenvalue weighted by Crippen LogP contribution is 2.38. The number of hydrogen-bond acceptors (Lipinski definition) is 4. The maximum Gasteiger partial charge on any atom is 0.312 e. The normalized spacial score (nSPS) is 27.7. The molecule has 0 spiro atoms. The molecule has 0 bridgehead atoms. The second-order valence-corrected chi connectivity index (χ2v) is 5.44. The van der Waals surface area contributed by atoms with Crippen LogP contribution < -0.4 is 5.32 Å². The Hall–Kier alpha value is -0.610. The lowest BCUT2D eigenvalue weighted by molar-refractivity contribution is -0.161. The van der Waals surface area contributed by atoms with Crippen LogP contribution in [0.4, 0.5) is 0 Å². The monoisotopic (exact) mass is 255 g/mol. The van der Waals surface area contributed by atoms with Crippen molar-refractivity contribution in [3.05, 3.63) is 0 Å². The van der Waals surface area contributed by atoms with Gasteiger partial charge in [0.2, 0.25) is 0 Å². The summed E-state index contributed by atoms with van der Waals surface area (Å²) in [4.78, 5) is 12.3. The van der Waals surface area contributed by atoms with Gasteiger partial charge in [0.05, 0.1) is 18.1 Å². The zero-order valence-electron chi connectivity index (χ0n) is 11.4. The zero-order valence-corrected chi connectivity index (χ0v) is 11.4. The molecule has 0 radical (unpaired) electrons. The lowest BCUT2D eigenvalue weighted by atomic mass is 9.73. The van der Waals surface area contributed by atoms with Crippen molar-refractivity contribution in [3.8, 4) is 0 Å². The molecule has 0 unspecified atom stereocenters. The van der Waals surface area contributed by atoms with Gasteiger partial charge >= 0.3 is 5.97 Å². The van der Waals surface area contributed by atoms with Crippen molar-refractivity contribution in [3.63, 3.8) is 0 Å². The molecule has 2 aliphatic heterocycles. The van der Waals surface area contributed by atoms with E-state index >= 15 is 0 Å². The van der Waals surface area contributed by atoms with Crippen LogP contribution in [0.1, 0.15) is 45.4 Å². The van der Waals surface area contributed by atoms with Crippen LogP contribution in [-0.2, 0) is 14.3 Å². The Balaban J connectivity index is 2.00. The maximum absolute atomic E-state index is 12.3. The minimum atomic E-state index is -0.302. The van der Waals surface area contributed by atoms with Gasteiger partial charge < -0.3 is 14.8 Å². The quantitative estimate of drug-likeness (QED) is 0.779. The topological polar surface area (TPSA) is 47.6 Å². The average molecular weight is 255 g/mol. The van der Waals surface area contributed by atoms with E-state index in [0.29, 0.717) is 6.61 Å². The van der Waals surface area contributed by atoms with E-state index in [0.717, 1.165) is 51.8 Å². The number of piperidine rings is 1. The summed E-state index contributed by atoms with van der Waals surface area (Å²) in [5.41, 5.74) is -0.302. The predicted molar refractivity (Wildman–Crippen MR) is 69.4 cm³/mol. The first-order valence-electron chi connectivity index (χ1n) is 7.26. The first-order chi connectivity index (χ1) is 8.77. The second-order valence-electron chi connectivity index (χ2n) is 5.44. The van der Waals surface area contributed by atoms with Gasteiger partial charge in [0.25, 0.3) is 0 Å². The summed E-state index contributed by atoms with van der Waals surface area (Å²) in [5, 5.41) is 3.33. The molecule has 0 saturated carbocycles. The molecule has 2 fully saturated rings. The molecule has 2 rings (SSSR count). The van der Waals surface area contributed by atoms with Crippen molar-refractivity contribution in [2.45, 2.75) is 51.6 Å². The van der Waals surface area contributed by atoms with Crippen LogP contribution in [0.3, 0.4) is 0 Å². The molecule has 1 atom stereocenters. The third-order valence-corrected chi connectivity index (χ3v) is 4.16. The van der Waals surface area contributed by atoms with Crippen molar-refractivity contribution < 1.29 is 14.3 Å². The fourth-order valence-electron chi connectivity index (χ4n) is 3.09. The summed E-state index contributed by atoms with van der Waals surface area (Å²) in [7, 11) is 0. The molecule has 4 nitrogen and oxygen atoms in total. The van der Waals surface area contributed by atoms with E-state index in [9.17, 15) is 4.79 Å². The molecule has 0 aromatic rings. The molecule has 2 aliphatic rings. The number of nitrogens with one attached hydrogen (secondary N) is 1. The SMILES string of the molecule is CCOC(=O)C1(C[C@@H]2CCCCO2)CCNCC1. The van der Waals surface area contributed by atoms with Gasteiger partial charge in [-0.2, -0.15) is 0 Å². The molecule has 18 heavy (non-hydrogen) atoms. The van der Waals surface area contributed by atoms with Crippen LogP contribution in [0.2, 0.25) is 0 Å². The Labute approximate surface area is 109 Å². The molecule has 1 N–H and O–H groups in total. The minimum absolute atomic E-state index is 0.0133. The smallest absolute Gasteiger partial charge is 0.312 e. The van der Waals surface area contributed by atoms with Gasteiger partial charge in [0, 0.05) is 6.61 Å². The largest absolute Gasteiger partial charge is 0.466 e. The molecule has 2 heterocycles. The van der Waals surface area contributed by atoms with Crippen molar-refractivity contribution in [2.24, 2.45) is 5.41 Å². The first kappa shape index (κ1) is 13.8. The molecule has 0 amide bonds. The molecular weight excluding hydrogens is 230 g/mol. The van der Waals surface area contributed by atoms with Gasteiger partial charge in [-0.3, -0.25) is 4.79 Å². The number of rotatable bonds is 4.